The average molecular weight is 259 g/mol. The number of aromatic nitrogens is 2. The molecule has 0 saturated carbocycles. The second kappa shape index (κ2) is 4.33. The summed E-state index contributed by atoms with van der Waals surface area (Å²) in [4.78, 5) is 7.41. The van der Waals surface area contributed by atoms with E-state index in [-0.39, 0.29) is 10.7 Å². The van der Waals surface area contributed by atoms with E-state index in [0.717, 1.165) is 6.07 Å². The van der Waals surface area contributed by atoms with Crippen LogP contribution in [0.1, 0.15) is 5.69 Å². The number of nitrogens with zero attached hydrogens (tertiary/aromatic N) is 2. The van der Waals surface area contributed by atoms with Crippen molar-refractivity contribution < 1.29 is 13.2 Å². The van der Waals surface area contributed by atoms with E-state index in [4.69, 9.17) is 11.6 Å². The van der Waals surface area contributed by atoms with Gasteiger partial charge in [0.25, 0.3) is 0 Å². The lowest BCUT2D eigenvalue weighted by molar-refractivity contribution is -0.141. The van der Waals surface area contributed by atoms with Gasteiger partial charge in [-0.2, -0.15) is 13.2 Å². The lowest BCUT2D eigenvalue weighted by Crippen LogP contribution is -2.08. The van der Waals surface area contributed by atoms with Gasteiger partial charge in [0.2, 0.25) is 0 Å². The van der Waals surface area contributed by atoms with Crippen LogP contribution in [-0.2, 0) is 6.18 Å². The monoisotopic (exact) mass is 258 g/mol. The first-order valence-corrected chi connectivity index (χ1v) is 5.01. The molecule has 17 heavy (non-hydrogen) atoms. The maximum atomic E-state index is 12.5. The number of alkyl halides is 3. The van der Waals surface area contributed by atoms with Gasteiger partial charge in [-0.3, -0.25) is 4.98 Å². The maximum absolute atomic E-state index is 12.5. The molecule has 2 aromatic rings. The molecule has 0 aliphatic rings. The van der Waals surface area contributed by atoms with Crippen LogP contribution in [0.2, 0.25) is 5.02 Å². The topological polar surface area (TPSA) is 25.8 Å². The summed E-state index contributed by atoms with van der Waals surface area (Å²) in [5.41, 5.74) is -0.645. The smallest absolute Gasteiger partial charge is 0.255 e. The molecular formula is C11H6ClF3N2. The van der Waals surface area contributed by atoms with Crippen molar-refractivity contribution >= 4 is 11.6 Å². The number of pyridine rings is 2. The molecule has 0 unspecified atom stereocenters. The molecule has 88 valence electrons. The molecule has 0 fully saturated rings. The van der Waals surface area contributed by atoms with Crippen LogP contribution in [-0.4, -0.2) is 9.97 Å². The Bertz CT molecular complexity index is 526. The maximum Gasteiger partial charge on any atom is 0.433 e. The predicted molar refractivity (Wildman–Crippen MR) is 57.5 cm³/mol. The normalized spacial score (nSPS) is 11.5. The van der Waals surface area contributed by atoms with E-state index < -0.39 is 11.9 Å². The third-order valence-corrected chi connectivity index (χ3v) is 2.35. The Morgan fingerprint density at radius 1 is 1.06 bits per heavy atom. The van der Waals surface area contributed by atoms with Crippen molar-refractivity contribution in [1.29, 1.82) is 0 Å². The summed E-state index contributed by atoms with van der Waals surface area (Å²) in [6, 6.07) is 6.87. The number of hydrogen-bond acceptors (Lipinski definition) is 2. The quantitative estimate of drug-likeness (QED) is 0.777. The molecule has 0 aromatic carbocycles. The Balaban J connectivity index is 2.55. The van der Waals surface area contributed by atoms with Crippen molar-refractivity contribution in [3.63, 3.8) is 0 Å². The van der Waals surface area contributed by atoms with Crippen LogP contribution in [0.4, 0.5) is 13.2 Å². The van der Waals surface area contributed by atoms with Gasteiger partial charge in [0.15, 0.2) is 0 Å². The first-order valence-electron chi connectivity index (χ1n) is 4.63. The van der Waals surface area contributed by atoms with Crippen LogP contribution in [0.25, 0.3) is 11.4 Å². The Morgan fingerprint density at radius 3 is 2.41 bits per heavy atom. The molecule has 0 atom stereocenters. The van der Waals surface area contributed by atoms with Crippen LogP contribution in [0.3, 0.4) is 0 Å². The molecule has 0 N–H and O–H groups in total. The summed E-state index contributed by atoms with van der Waals surface area (Å²) in [6.45, 7) is 0. The highest BCUT2D eigenvalue weighted by Gasteiger charge is 2.33. The third kappa shape index (κ3) is 2.55. The van der Waals surface area contributed by atoms with Gasteiger partial charge in [0, 0.05) is 6.20 Å². The first kappa shape index (κ1) is 11.9. The Labute approximate surface area is 100 Å². The van der Waals surface area contributed by atoms with Crippen LogP contribution in [0.15, 0.2) is 36.5 Å². The molecule has 0 aliphatic carbocycles. The molecule has 0 radical (unpaired) electrons. The Morgan fingerprint density at radius 2 is 1.82 bits per heavy atom. The molecule has 0 amide bonds. The van der Waals surface area contributed by atoms with Gasteiger partial charge in [-0.1, -0.05) is 17.7 Å². The zero-order valence-corrected chi connectivity index (χ0v) is 9.13. The average Bonchev–Trinajstić information content (AvgIpc) is 2.29. The molecule has 0 saturated heterocycles. The van der Waals surface area contributed by atoms with Gasteiger partial charge >= 0.3 is 6.18 Å². The molecule has 2 heterocycles. The lowest BCUT2D eigenvalue weighted by Gasteiger charge is -2.08. The van der Waals surface area contributed by atoms with Gasteiger partial charge in [0.05, 0.1) is 10.7 Å². The largest absolute Gasteiger partial charge is 0.433 e. The zero-order chi connectivity index (χ0) is 12.5. The summed E-state index contributed by atoms with van der Waals surface area (Å²) >= 11 is 5.81. The highest BCUT2D eigenvalue weighted by atomic mass is 35.5. The molecule has 0 aliphatic heterocycles. The van der Waals surface area contributed by atoms with Crippen molar-refractivity contribution in [2.24, 2.45) is 0 Å². The Hall–Kier alpha value is -1.62. The summed E-state index contributed by atoms with van der Waals surface area (Å²) < 4.78 is 37.5. The minimum atomic E-state index is -4.49. The van der Waals surface area contributed by atoms with Gasteiger partial charge in [-0.15, -0.1) is 0 Å². The first-order chi connectivity index (χ1) is 7.98. The minimum absolute atomic E-state index is 0.0297. The second-order valence-electron chi connectivity index (χ2n) is 3.24. The molecule has 2 aromatic heterocycles. The summed E-state index contributed by atoms with van der Waals surface area (Å²) in [7, 11) is 0. The van der Waals surface area contributed by atoms with Crippen LogP contribution in [0.5, 0.6) is 0 Å². The minimum Gasteiger partial charge on any atom is -0.255 e. The van der Waals surface area contributed by atoms with E-state index in [1.807, 2.05) is 0 Å². The number of rotatable bonds is 1. The van der Waals surface area contributed by atoms with E-state index in [1.54, 1.807) is 18.2 Å². The van der Waals surface area contributed by atoms with E-state index >= 15 is 0 Å². The fraction of sp³-hybridized carbons (Fsp3) is 0.0909. The van der Waals surface area contributed by atoms with Crippen molar-refractivity contribution in [3.05, 3.63) is 47.2 Å². The van der Waals surface area contributed by atoms with E-state index in [0.29, 0.717) is 5.69 Å². The van der Waals surface area contributed by atoms with Crippen molar-refractivity contribution in [2.75, 3.05) is 0 Å². The van der Waals surface area contributed by atoms with Gasteiger partial charge < -0.3 is 0 Å². The fourth-order valence-corrected chi connectivity index (χ4v) is 1.48. The summed E-state index contributed by atoms with van der Waals surface area (Å²) in [5.74, 6) is 0. The summed E-state index contributed by atoms with van der Waals surface area (Å²) in [6.07, 6.45) is -3.03. The van der Waals surface area contributed by atoms with Gasteiger partial charge in [0.1, 0.15) is 11.4 Å². The number of halogens is 4. The van der Waals surface area contributed by atoms with Crippen molar-refractivity contribution in [2.45, 2.75) is 6.18 Å². The zero-order valence-electron chi connectivity index (χ0n) is 8.37. The van der Waals surface area contributed by atoms with Crippen LogP contribution < -0.4 is 0 Å². The van der Waals surface area contributed by atoms with Crippen molar-refractivity contribution in [3.8, 4) is 11.4 Å². The van der Waals surface area contributed by atoms with E-state index in [9.17, 15) is 13.2 Å². The molecule has 0 spiro atoms. The van der Waals surface area contributed by atoms with E-state index in [1.165, 1.54) is 12.3 Å². The predicted octanol–water partition coefficient (Wildman–Crippen LogP) is 3.82. The third-order valence-electron chi connectivity index (χ3n) is 2.04. The van der Waals surface area contributed by atoms with Gasteiger partial charge in [-0.25, -0.2) is 4.98 Å². The fourth-order valence-electron chi connectivity index (χ4n) is 1.28. The molecule has 0 bridgehead atoms. The number of hydrogen-bond donors (Lipinski definition) is 0. The molecular weight excluding hydrogens is 253 g/mol. The highest BCUT2D eigenvalue weighted by molar-refractivity contribution is 6.32. The SMILES string of the molecule is FC(F)(F)c1ccc(Cl)c(-c2ccccn2)n1. The summed E-state index contributed by atoms with van der Waals surface area (Å²) in [5, 5.41) is 0.136. The lowest BCUT2D eigenvalue weighted by atomic mass is 10.2. The van der Waals surface area contributed by atoms with E-state index in [2.05, 4.69) is 9.97 Å². The van der Waals surface area contributed by atoms with Gasteiger partial charge in [-0.05, 0) is 24.3 Å². The molecule has 2 nitrogen and oxygen atoms in total. The standard InChI is InChI=1S/C11H6ClF3N2/c12-7-4-5-9(11(13,14)15)17-10(7)8-3-1-2-6-16-8/h1-6H. The molecule has 6 heteroatoms. The molecule has 2 rings (SSSR count). The van der Waals surface area contributed by atoms with Crippen molar-refractivity contribution in [1.82, 2.24) is 9.97 Å². The highest BCUT2D eigenvalue weighted by Crippen LogP contribution is 2.32. The van der Waals surface area contributed by atoms with Crippen LogP contribution in [0, 0.1) is 0 Å². The van der Waals surface area contributed by atoms with Crippen LogP contribution >= 0.6 is 11.6 Å². The second-order valence-corrected chi connectivity index (χ2v) is 3.65. The Kier molecular flexibility index (Phi) is 3.02.